The molecule has 0 spiro atoms. The zero-order chi connectivity index (χ0) is 16.8. The number of primary amides is 1. The van der Waals surface area contributed by atoms with Gasteiger partial charge in [-0.05, 0) is 30.6 Å². The molecular formula is C19H32N2O2. The van der Waals surface area contributed by atoms with Crippen LogP contribution in [0.4, 0.5) is 0 Å². The van der Waals surface area contributed by atoms with Crippen molar-refractivity contribution in [2.45, 2.75) is 58.8 Å². The first kappa shape index (κ1) is 18.0. The van der Waals surface area contributed by atoms with Crippen LogP contribution in [0.15, 0.2) is 12.2 Å². The van der Waals surface area contributed by atoms with Crippen LogP contribution in [0.2, 0.25) is 0 Å². The fourth-order valence-electron chi connectivity index (χ4n) is 4.21. The van der Waals surface area contributed by atoms with Crippen LogP contribution in [0.1, 0.15) is 58.8 Å². The number of unbranched alkanes of at least 4 members (excludes halogenated alkanes) is 2. The summed E-state index contributed by atoms with van der Waals surface area (Å²) in [5.74, 6) is 0.293. The van der Waals surface area contributed by atoms with Gasteiger partial charge in [-0.2, -0.15) is 0 Å². The van der Waals surface area contributed by atoms with Gasteiger partial charge < -0.3 is 11.1 Å². The molecule has 2 rings (SSSR count). The van der Waals surface area contributed by atoms with Crippen LogP contribution in [0.5, 0.6) is 0 Å². The maximum Gasteiger partial charge on any atom is 0.224 e. The average Bonchev–Trinajstić information content (AvgIpc) is 3.13. The van der Waals surface area contributed by atoms with Gasteiger partial charge in [-0.3, -0.25) is 9.59 Å². The Balaban J connectivity index is 1.67. The van der Waals surface area contributed by atoms with E-state index in [1.807, 2.05) is 0 Å². The van der Waals surface area contributed by atoms with Crippen molar-refractivity contribution in [3.05, 3.63) is 12.2 Å². The third-order valence-corrected chi connectivity index (χ3v) is 5.56. The topological polar surface area (TPSA) is 72.2 Å². The molecule has 2 aliphatic carbocycles. The Hall–Kier alpha value is -1.32. The van der Waals surface area contributed by atoms with E-state index in [1.54, 1.807) is 0 Å². The van der Waals surface area contributed by atoms with Crippen LogP contribution in [0, 0.1) is 29.6 Å². The third kappa shape index (κ3) is 4.58. The minimum Gasteiger partial charge on any atom is -0.369 e. The van der Waals surface area contributed by atoms with Gasteiger partial charge in [0, 0.05) is 6.54 Å². The summed E-state index contributed by atoms with van der Waals surface area (Å²) >= 11 is 0. The Morgan fingerprint density at radius 2 is 1.78 bits per heavy atom. The monoisotopic (exact) mass is 320 g/mol. The highest BCUT2D eigenvalue weighted by Gasteiger charge is 2.50. The second-order valence-electron chi connectivity index (χ2n) is 7.44. The molecule has 4 nitrogen and oxygen atoms in total. The number of carbonyl (C=O) groups is 2. The van der Waals surface area contributed by atoms with E-state index in [2.05, 4.69) is 31.3 Å². The standard InChI is InChI=1S/C19H32N2O2/c1-3-4-7-13(2)8-5-6-11-21-19(23)17-15-10-9-14(12-15)16(17)18(20)22/h9-10,13-17H,3-8,11-12H2,1-2H3,(H2,20,22)(H,21,23). The van der Waals surface area contributed by atoms with E-state index < -0.39 is 0 Å². The quantitative estimate of drug-likeness (QED) is 0.480. The molecule has 5 unspecified atom stereocenters. The summed E-state index contributed by atoms with van der Waals surface area (Å²) in [4.78, 5) is 24.1. The van der Waals surface area contributed by atoms with Gasteiger partial charge in [-0.15, -0.1) is 0 Å². The molecule has 23 heavy (non-hydrogen) atoms. The summed E-state index contributed by atoms with van der Waals surface area (Å²) in [5, 5.41) is 3.03. The van der Waals surface area contributed by atoms with Crippen molar-refractivity contribution in [3.8, 4) is 0 Å². The maximum absolute atomic E-state index is 12.4. The first-order valence-electron chi connectivity index (χ1n) is 9.30. The predicted octanol–water partition coefficient (Wildman–Crippen LogP) is 3.02. The summed E-state index contributed by atoms with van der Waals surface area (Å²) in [5.41, 5.74) is 5.51. The molecular weight excluding hydrogens is 288 g/mol. The van der Waals surface area contributed by atoms with Crippen LogP contribution in [-0.4, -0.2) is 18.4 Å². The molecule has 5 atom stereocenters. The van der Waals surface area contributed by atoms with Crippen LogP contribution in [0.3, 0.4) is 0 Å². The van der Waals surface area contributed by atoms with E-state index in [0.717, 1.165) is 25.2 Å². The molecule has 3 N–H and O–H groups in total. The lowest BCUT2D eigenvalue weighted by molar-refractivity contribution is -0.133. The molecule has 0 radical (unpaired) electrons. The van der Waals surface area contributed by atoms with Crippen LogP contribution in [0.25, 0.3) is 0 Å². The first-order valence-corrected chi connectivity index (χ1v) is 9.30. The number of hydrogen-bond donors (Lipinski definition) is 2. The lowest BCUT2D eigenvalue weighted by Crippen LogP contribution is -2.42. The number of fused-ring (bicyclic) bond motifs is 2. The largest absolute Gasteiger partial charge is 0.369 e. The van der Waals surface area contributed by atoms with Crippen molar-refractivity contribution in [1.82, 2.24) is 5.32 Å². The number of carbonyl (C=O) groups excluding carboxylic acids is 2. The normalized spacial score (nSPS) is 29.7. The summed E-state index contributed by atoms with van der Waals surface area (Å²) < 4.78 is 0. The molecule has 0 aromatic rings. The number of rotatable bonds is 10. The minimum absolute atomic E-state index is 0.0182. The number of nitrogens with two attached hydrogens (primary N) is 1. The van der Waals surface area contributed by atoms with Gasteiger partial charge in [-0.25, -0.2) is 0 Å². The van der Waals surface area contributed by atoms with E-state index >= 15 is 0 Å². The molecule has 4 heteroatoms. The first-order chi connectivity index (χ1) is 11.0. The van der Waals surface area contributed by atoms with E-state index in [-0.39, 0.29) is 35.5 Å². The minimum atomic E-state index is -0.327. The van der Waals surface area contributed by atoms with Gasteiger partial charge in [0.15, 0.2) is 0 Å². The maximum atomic E-state index is 12.4. The molecule has 0 heterocycles. The Labute approximate surface area is 140 Å². The molecule has 0 aromatic heterocycles. The summed E-state index contributed by atoms with van der Waals surface area (Å²) in [6.45, 7) is 5.25. The van der Waals surface area contributed by atoms with Crippen LogP contribution in [-0.2, 0) is 9.59 Å². The summed E-state index contributed by atoms with van der Waals surface area (Å²) in [7, 11) is 0. The van der Waals surface area contributed by atoms with Crippen molar-refractivity contribution in [3.63, 3.8) is 0 Å². The van der Waals surface area contributed by atoms with E-state index in [9.17, 15) is 9.59 Å². The smallest absolute Gasteiger partial charge is 0.224 e. The van der Waals surface area contributed by atoms with E-state index in [1.165, 1.54) is 25.7 Å². The Morgan fingerprint density at radius 1 is 1.13 bits per heavy atom. The molecule has 0 aromatic carbocycles. The molecule has 1 saturated carbocycles. The van der Waals surface area contributed by atoms with Gasteiger partial charge in [0.25, 0.3) is 0 Å². The van der Waals surface area contributed by atoms with E-state index in [4.69, 9.17) is 5.73 Å². The van der Waals surface area contributed by atoms with Crippen molar-refractivity contribution in [1.29, 1.82) is 0 Å². The van der Waals surface area contributed by atoms with Gasteiger partial charge in [0.1, 0.15) is 0 Å². The number of amides is 2. The number of allylic oxidation sites excluding steroid dienone is 2. The highest BCUT2D eigenvalue weighted by molar-refractivity contribution is 5.88. The van der Waals surface area contributed by atoms with Crippen molar-refractivity contribution >= 4 is 11.8 Å². The SMILES string of the molecule is CCCCC(C)CCCCNC(=O)C1C2C=CC(C2)C1C(N)=O. The lowest BCUT2D eigenvalue weighted by atomic mass is 9.82. The fourth-order valence-corrected chi connectivity index (χ4v) is 4.21. The van der Waals surface area contributed by atoms with Gasteiger partial charge >= 0.3 is 0 Å². The fraction of sp³-hybridized carbons (Fsp3) is 0.789. The van der Waals surface area contributed by atoms with Crippen molar-refractivity contribution in [2.24, 2.45) is 35.3 Å². The summed E-state index contributed by atoms with van der Waals surface area (Å²) in [6, 6.07) is 0. The molecule has 2 bridgehead atoms. The zero-order valence-electron chi connectivity index (χ0n) is 14.6. The van der Waals surface area contributed by atoms with Crippen molar-refractivity contribution in [2.75, 3.05) is 6.54 Å². The second kappa shape index (κ2) is 8.51. The molecule has 0 saturated heterocycles. The Bertz CT molecular complexity index is 447. The lowest BCUT2D eigenvalue weighted by Gasteiger charge is -2.24. The van der Waals surface area contributed by atoms with Crippen molar-refractivity contribution < 1.29 is 9.59 Å². The van der Waals surface area contributed by atoms with Gasteiger partial charge in [0.05, 0.1) is 11.8 Å². The highest BCUT2D eigenvalue weighted by atomic mass is 16.2. The van der Waals surface area contributed by atoms with Gasteiger partial charge in [-0.1, -0.05) is 58.1 Å². The third-order valence-electron chi connectivity index (χ3n) is 5.56. The summed E-state index contributed by atoms with van der Waals surface area (Å²) in [6.07, 6.45) is 12.3. The number of hydrogen-bond acceptors (Lipinski definition) is 2. The van der Waals surface area contributed by atoms with Gasteiger partial charge in [0.2, 0.25) is 11.8 Å². The van der Waals surface area contributed by atoms with E-state index in [0.29, 0.717) is 6.54 Å². The molecule has 0 aliphatic heterocycles. The average molecular weight is 320 g/mol. The molecule has 2 amide bonds. The molecule has 1 fully saturated rings. The molecule has 2 aliphatic rings. The van der Waals surface area contributed by atoms with Crippen LogP contribution < -0.4 is 11.1 Å². The molecule has 130 valence electrons. The zero-order valence-corrected chi connectivity index (χ0v) is 14.6. The second-order valence-corrected chi connectivity index (χ2v) is 7.44. The highest BCUT2D eigenvalue weighted by Crippen LogP contribution is 2.47. The predicted molar refractivity (Wildman–Crippen MR) is 92.5 cm³/mol. The van der Waals surface area contributed by atoms with Crippen LogP contribution >= 0.6 is 0 Å². The number of nitrogens with one attached hydrogen (secondary N) is 1. The Kier molecular flexibility index (Phi) is 6.67. The Morgan fingerprint density at radius 3 is 2.43 bits per heavy atom.